The molecule has 0 fully saturated rings. The van der Waals surface area contributed by atoms with E-state index in [4.69, 9.17) is 6.42 Å². The van der Waals surface area contributed by atoms with E-state index in [1.807, 2.05) is 66.6 Å². The summed E-state index contributed by atoms with van der Waals surface area (Å²) in [6.07, 6.45) is 6.68. The SMILES string of the molecule is [C-]#CC#CP1(C#Cc2ccccc2)=NP(F)(F)=NP(F)(F)=N1.[Fe+3].[c-]1ccccc1.[c-]1ccccc1. The molecule has 0 amide bonds. The van der Waals surface area contributed by atoms with E-state index in [1.54, 1.807) is 36.3 Å². The van der Waals surface area contributed by atoms with Crippen LogP contribution in [0.3, 0.4) is 0 Å². The van der Waals surface area contributed by atoms with E-state index in [2.05, 4.69) is 42.9 Å². The quantitative estimate of drug-likeness (QED) is 0.0850. The van der Waals surface area contributed by atoms with Gasteiger partial charge in [-0.25, -0.2) is 5.92 Å². The number of hydrogen-bond acceptors (Lipinski definition) is 3. The van der Waals surface area contributed by atoms with Crippen LogP contribution < -0.4 is 0 Å². The van der Waals surface area contributed by atoms with Gasteiger partial charge in [-0.05, 0) is 17.8 Å². The van der Waals surface area contributed by atoms with Gasteiger partial charge in [-0.1, -0.05) is 24.1 Å². The minimum absolute atomic E-state index is 0. The standard InChI is InChI=1S/C12H5F4N3P3.2C6H5.Fe/c1-2-3-10-20(11-9-12-7-5-4-6-8-12)17-21(13,14)19-22(15,16)18-20;2*1-2-4-6-5-3-1;/h4-8H;2*1-5H;/q3*-1;+3. The van der Waals surface area contributed by atoms with Gasteiger partial charge in [0, 0.05) is 5.56 Å². The van der Waals surface area contributed by atoms with Crippen LogP contribution in [0.4, 0.5) is 16.8 Å². The van der Waals surface area contributed by atoms with E-state index >= 15 is 0 Å². The molecule has 0 bridgehead atoms. The summed E-state index contributed by atoms with van der Waals surface area (Å²) in [4.78, 5) is 0. The first-order valence-corrected chi connectivity index (χ1v) is 14.0. The predicted octanol–water partition coefficient (Wildman–Crippen LogP) is 9.42. The minimum Gasteiger partial charge on any atom is -0.358 e. The first kappa shape index (κ1) is 30.3. The summed E-state index contributed by atoms with van der Waals surface area (Å²) >= 11 is 0. The minimum atomic E-state index is -5.53. The smallest absolute Gasteiger partial charge is 0.358 e. The van der Waals surface area contributed by atoms with Crippen molar-refractivity contribution in [3.05, 3.63) is 115 Å². The molecule has 1 aliphatic heterocycles. The molecule has 1 aliphatic rings. The second-order valence-electron chi connectivity index (χ2n) is 5.90. The third kappa shape index (κ3) is 12.5. The number of rotatable bonds is 0. The third-order valence-electron chi connectivity index (χ3n) is 3.31. The largest absolute Gasteiger partial charge is 3.00 e. The van der Waals surface area contributed by atoms with E-state index in [-0.39, 0.29) is 17.1 Å². The van der Waals surface area contributed by atoms with Crippen LogP contribution in [0.15, 0.2) is 105 Å². The van der Waals surface area contributed by atoms with Gasteiger partial charge < -0.3 is 6.42 Å². The van der Waals surface area contributed by atoms with Crippen molar-refractivity contribution in [3.8, 4) is 29.1 Å². The molecule has 35 heavy (non-hydrogen) atoms. The Morgan fingerprint density at radius 2 is 1.14 bits per heavy atom. The summed E-state index contributed by atoms with van der Waals surface area (Å²) in [5, 5.41) is 0. The van der Waals surface area contributed by atoms with E-state index in [9.17, 15) is 16.8 Å². The van der Waals surface area contributed by atoms with Crippen LogP contribution >= 0.6 is 22.9 Å². The summed E-state index contributed by atoms with van der Waals surface area (Å²) in [7, 11) is -15.0. The summed E-state index contributed by atoms with van der Waals surface area (Å²) in [6, 6.07) is 33.2. The van der Waals surface area contributed by atoms with Gasteiger partial charge >= 0.3 is 32.7 Å². The molecule has 0 saturated carbocycles. The van der Waals surface area contributed by atoms with Gasteiger partial charge in [0.1, 0.15) is 0 Å². The summed E-state index contributed by atoms with van der Waals surface area (Å²) in [5.41, 5.74) is 4.75. The molecule has 3 aromatic carbocycles. The molecule has 1 radical (unpaired) electrons. The Balaban J connectivity index is 0.000000382. The van der Waals surface area contributed by atoms with Crippen molar-refractivity contribution < 1.29 is 33.9 Å². The number of hydrogen-bond donors (Lipinski definition) is 0. The van der Waals surface area contributed by atoms with Crippen molar-refractivity contribution in [1.29, 1.82) is 0 Å². The zero-order chi connectivity index (χ0) is 24.8. The molecule has 0 aliphatic carbocycles. The van der Waals surface area contributed by atoms with E-state index in [0.29, 0.717) is 5.56 Å². The Morgan fingerprint density at radius 3 is 1.54 bits per heavy atom. The maximum Gasteiger partial charge on any atom is 3.00 e. The Hall–Kier alpha value is -2.73. The summed E-state index contributed by atoms with van der Waals surface area (Å²) < 4.78 is 62.0. The van der Waals surface area contributed by atoms with Crippen LogP contribution in [-0.4, -0.2) is 0 Å². The number of halogens is 4. The second-order valence-corrected chi connectivity index (χ2v) is 11.5. The second kappa shape index (κ2) is 15.3. The molecule has 0 spiro atoms. The fourth-order valence-electron chi connectivity index (χ4n) is 2.07. The van der Waals surface area contributed by atoms with Crippen molar-refractivity contribution in [2.24, 2.45) is 13.5 Å². The zero-order valence-corrected chi connectivity index (χ0v) is 21.5. The van der Waals surface area contributed by atoms with Gasteiger partial charge in [0.15, 0.2) is 0 Å². The Labute approximate surface area is 214 Å². The van der Waals surface area contributed by atoms with Gasteiger partial charge in [-0.3, -0.25) is 5.92 Å². The maximum absolute atomic E-state index is 13.4. The van der Waals surface area contributed by atoms with Crippen LogP contribution in [-0.2, 0) is 17.1 Å². The van der Waals surface area contributed by atoms with Gasteiger partial charge in [-0.2, -0.15) is 81.8 Å². The molecule has 1 unspecified atom stereocenters. The monoisotopic (exact) mass is 570 g/mol. The van der Waals surface area contributed by atoms with Crippen molar-refractivity contribution in [3.63, 3.8) is 0 Å². The summed E-state index contributed by atoms with van der Waals surface area (Å²) in [5.74, 6) is 6.04. The van der Waals surface area contributed by atoms with Gasteiger partial charge in [0.05, 0.1) is 0 Å². The molecule has 1 heterocycles. The van der Waals surface area contributed by atoms with Crippen LogP contribution in [0.5, 0.6) is 0 Å². The molecular weight excluding hydrogens is 555 g/mol. The third-order valence-corrected chi connectivity index (χ3v) is 9.67. The predicted molar refractivity (Wildman–Crippen MR) is 131 cm³/mol. The van der Waals surface area contributed by atoms with Gasteiger partial charge in [0.25, 0.3) is 0 Å². The van der Waals surface area contributed by atoms with Crippen molar-refractivity contribution in [2.45, 2.75) is 0 Å². The number of nitrogens with zero attached hydrogens (tertiary/aromatic N) is 3. The molecule has 0 N–H and O–H groups in total. The average Bonchev–Trinajstić information content (AvgIpc) is 2.83. The van der Waals surface area contributed by atoms with E-state index in [1.165, 1.54) is 0 Å². The molecule has 4 rings (SSSR count). The normalized spacial score (nSPS) is 17.7. The molecule has 177 valence electrons. The molecular formula is C24H15F4FeN3P3. The van der Waals surface area contributed by atoms with Crippen LogP contribution in [0.25, 0.3) is 0 Å². The van der Waals surface area contributed by atoms with Crippen LogP contribution in [0.2, 0.25) is 0 Å². The van der Waals surface area contributed by atoms with Crippen molar-refractivity contribution >= 4 is 22.9 Å². The van der Waals surface area contributed by atoms with Gasteiger partial charge in [0.2, 0.25) is 7.21 Å². The molecule has 3 nitrogen and oxygen atoms in total. The molecule has 0 saturated heterocycles. The molecule has 1 atom stereocenters. The summed E-state index contributed by atoms with van der Waals surface area (Å²) in [6.45, 7) is 0. The average molecular weight is 570 g/mol. The number of benzene rings is 3. The van der Waals surface area contributed by atoms with E-state index in [0.717, 1.165) is 0 Å². The Morgan fingerprint density at radius 1 is 0.657 bits per heavy atom. The van der Waals surface area contributed by atoms with E-state index < -0.39 is 22.9 Å². The maximum atomic E-state index is 13.4. The molecule has 0 aromatic heterocycles. The van der Waals surface area contributed by atoms with Gasteiger partial charge in [-0.15, -0.1) is 27.0 Å². The first-order chi connectivity index (χ1) is 16.3. The zero-order valence-electron chi connectivity index (χ0n) is 17.7. The molecule has 3 aromatic rings. The van der Waals surface area contributed by atoms with Crippen LogP contribution in [0.1, 0.15) is 5.56 Å². The van der Waals surface area contributed by atoms with Crippen molar-refractivity contribution in [1.82, 2.24) is 0 Å². The molecule has 11 heteroatoms. The first-order valence-electron chi connectivity index (χ1n) is 9.31. The fraction of sp³-hybridized carbons (Fsp3) is 0. The Bertz CT molecular complexity index is 1300. The van der Waals surface area contributed by atoms with Crippen molar-refractivity contribution in [2.75, 3.05) is 0 Å². The topological polar surface area (TPSA) is 37.1 Å². The fourth-order valence-corrected chi connectivity index (χ4v) is 8.26. The Kier molecular flexibility index (Phi) is 13.2. The van der Waals surface area contributed by atoms with Crippen LogP contribution in [0, 0.1) is 47.6 Å².